The van der Waals surface area contributed by atoms with Crippen LogP contribution in [0.15, 0.2) is 66.7 Å². The van der Waals surface area contributed by atoms with Gasteiger partial charge in [-0.25, -0.2) is 4.68 Å². The molecule has 31 heavy (non-hydrogen) atoms. The van der Waals surface area contributed by atoms with Gasteiger partial charge < -0.3 is 19.5 Å². The third-order valence-corrected chi connectivity index (χ3v) is 4.93. The van der Waals surface area contributed by atoms with Gasteiger partial charge in [0.15, 0.2) is 17.7 Å². The van der Waals surface area contributed by atoms with Crippen molar-refractivity contribution in [2.24, 2.45) is 0 Å². The summed E-state index contributed by atoms with van der Waals surface area (Å²) in [5, 5.41) is 11.6. The average molecular weight is 418 g/mol. The topological polar surface area (TPSA) is 87.5 Å². The van der Waals surface area contributed by atoms with Crippen LogP contribution in [0.2, 0.25) is 0 Å². The molecule has 1 amide bonds. The second kappa shape index (κ2) is 8.74. The highest BCUT2D eigenvalue weighted by Gasteiger charge is 2.23. The zero-order valence-electron chi connectivity index (χ0n) is 17.4. The molecule has 8 nitrogen and oxygen atoms in total. The summed E-state index contributed by atoms with van der Waals surface area (Å²) in [6.45, 7) is 0. The van der Waals surface area contributed by atoms with Crippen LogP contribution in [0.3, 0.4) is 0 Å². The smallest absolute Gasteiger partial charge is 0.253 e. The molecular weight excluding hydrogens is 396 g/mol. The van der Waals surface area contributed by atoms with Crippen LogP contribution in [0.1, 0.15) is 22.1 Å². The molecular formula is C23H22N4O4. The van der Waals surface area contributed by atoms with E-state index in [0.29, 0.717) is 22.8 Å². The van der Waals surface area contributed by atoms with Gasteiger partial charge in [0.25, 0.3) is 5.91 Å². The van der Waals surface area contributed by atoms with Gasteiger partial charge in [0, 0.05) is 5.56 Å². The fraction of sp³-hybridized carbons (Fsp3) is 0.174. The molecule has 0 aliphatic carbocycles. The number of hydrogen-bond donors (Lipinski definition) is 1. The van der Waals surface area contributed by atoms with Gasteiger partial charge in [0.2, 0.25) is 5.75 Å². The fourth-order valence-corrected chi connectivity index (χ4v) is 3.42. The first kappa shape index (κ1) is 20.2. The minimum absolute atomic E-state index is 0.326. The van der Waals surface area contributed by atoms with Gasteiger partial charge >= 0.3 is 0 Å². The highest BCUT2D eigenvalue weighted by molar-refractivity contribution is 5.96. The molecule has 0 fully saturated rings. The second-order valence-electron chi connectivity index (χ2n) is 6.72. The molecule has 0 aliphatic rings. The van der Waals surface area contributed by atoms with E-state index in [1.54, 1.807) is 16.8 Å². The highest BCUT2D eigenvalue weighted by Crippen LogP contribution is 2.38. The summed E-state index contributed by atoms with van der Waals surface area (Å²) in [5.74, 6) is 0.889. The lowest BCUT2D eigenvalue weighted by molar-refractivity contribution is 0.0927. The number of benzene rings is 3. The van der Waals surface area contributed by atoms with E-state index in [9.17, 15) is 4.79 Å². The standard InChI is InChI=1S/C23H22N4O4/c1-29-19-13-16(14-20(30-2)21(19)31-3)23(28)24-22(15-9-5-4-6-10-15)27-18-12-8-7-11-17(18)25-26-27/h4-14,22H,1-3H3,(H,24,28)/t22-/m0/s1. The SMILES string of the molecule is COc1cc(C(=O)N[C@H](c2ccccc2)n2nnc3ccccc32)cc(OC)c1OC. The summed E-state index contributed by atoms with van der Waals surface area (Å²) in [6.07, 6.45) is -0.569. The first-order valence-corrected chi connectivity index (χ1v) is 9.62. The molecule has 0 bridgehead atoms. The van der Waals surface area contributed by atoms with Crippen LogP contribution in [0.5, 0.6) is 17.2 Å². The normalized spacial score (nSPS) is 11.7. The number of fused-ring (bicyclic) bond motifs is 1. The maximum Gasteiger partial charge on any atom is 0.253 e. The van der Waals surface area contributed by atoms with E-state index in [1.807, 2.05) is 54.6 Å². The molecule has 0 aliphatic heterocycles. The Balaban J connectivity index is 1.75. The van der Waals surface area contributed by atoms with Crippen molar-refractivity contribution in [3.63, 3.8) is 0 Å². The summed E-state index contributed by atoms with van der Waals surface area (Å²) >= 11 is 0. The van der Waals surface area contributed by atoms with Crippen LogP contribution < -0.4 is 19.5 Å². The Morgan fingerprint density at radius 1 is 0.903 bits per heavy atom. The molecule has 1 N–H and O–H groups in total. The number of nitrogens with one attached hydrogen (secondary N) is 1. The number of para-hydroxylation sites is 1. The lowest BCUT2D eigenvalue weighted by atomic mass is 10.1. The number of amides is 1. The fourth-order valence-electron chi connectivity index (χ4n) is 3.42. The zero-order chi connectivity index (χ0) is 21.8. The van der Waals surface area contributed by atoms with Crippen molar-refractivity contribution in [3.05, 3.63) is 77.9 Å². The molecule has 158 valence electrons. The molecule has 1 aromatic heterocycles. The Morgan fingerprint density at radius 2 is 1.55 bits per heavy atom. The van der Waals surface area contributed by atoms with Crippen molar-refractivity contribution in [2.75, 3.05) is 21.3 Å². The molecule has 4 rings (SSSR count). The molecule has 3 aromatic carbocycles. The number of nitrogens with zero attached hydrogens (tertiary/aromatic N) is 3. The number of carbonyl (C=O) groups excluding carboxylic acids is 1. The molecule has 0 saturated carbocycles. The molecule has 0 saturated heterocycles. The van der Waals surface area contributed by atoms with Gasteiger partial charge in [-0.05, 0) is 29.8 Å². The number of hydrogen-bond acceptors (Lipinski definition) is 6. The summed E-state index contributed by atoms with van der Waals surface area (Å²) < 4.78 is 17.8. The lowest BCUT2D eigenvalue weighted by Gasteiger charge is -2.21. The molecule has 4 aromatic rings. The quantitative estimate of drug-likeness (QED) is 0.495. The predicted molar refractivity (Wildman–Crippen MR) is 116 cm³/mol. The van der Waals surface area contributed by atoms with Gasteiger partial charge in [0.05, 0.1) is 26.8 Å². The maximum absolute atomic E-state index is 13.3. The zero-order valence-corrected chi connectivity index (χ0v) is 17.4. The Bertz CT molecular complexity index is 1180. The van der Waals surface area contributed by atoms with E-state index >= 15 is 0 Å². The molecule has 0 spiro atoms. The first-order chi connectivity index (χ1) is 15.2. The summed E-state index contributed by atoms with van der Waals surface area (Å²) in [6, 6.07) is 20.4. The van der Waals surface area contributed by atoms with Crippen LogP contribution in [-0.2, 0) is 0 Å². The average Bonchev–Trinajstić information content (AvgIpc) is 3.25. The summed E-state index contributed by atoms with van der Waals surface area (Å²) in [5.41, 5.74) is 2.77. The Hall–Kier alpha value is -4.07. The van der Waals surface area contributed by atoms with Gasteiger partial charge in [0.1, 0.15) is 5.52 Å². The number of carbonyl (C=O) groups is 1. The first-order valence-electron chi connectivity index (χ1n) is 9.62. The van der Waals surface area contributed by atoms with Crippen LogP contribution >= 0.6 is 0 Å². The van der Waals surface area contributed by atoms with Crippen molar-refractivity contribution in [1.82, 2.24) is 20.3 Å². The van der Waals surface area contributed by atoms with E-state index < -0.39 is 6.17 Å². The van der Waals surface area contributed by atoms with Crippen molar-refractivity contribution in [2.45, 2.75) is 6.17 Å². The molecule has 8 heteroatoms. The van der Waals surface area contributed by atoms with E-state index in [-0.39, 0.29) is 5.91 Å². The van der Waals surface area contributed by atoms with Crippen LogP contribution in [0, 0.1) is 0 Å². The van der Waals surface area contributed by atoms with E-state index in [1.165, 1.54) is 21.3 Å². The number of rotatable bonds is 7. The van der Waals surface area contributed by atoms with Gasteiger partial charge in [-0.3, -0.25) is 4.79 Å². The summed E-state index contributed by atoms with van der Waals surface area (Å²) in [7, 11) is 4.53. The van der Waals surface area contributed by atoms with E-state index in [4.69, 9.17) is 14.2 Å². The molecule has 0 radical (unpaired) electrons. The molecule has 1 atom stereocenters. The summed E-state index contributed by atoms with van der Waals surface area (Å²) in [4.78, 5) is 13.3. The Labute approximate surface area is 179 Å². The monoisotopic (exact) mass is 418 g/mol. The van der Waals surface area contributed by atoms with Crippen molar-refractivity contribution < 1.29 is 19.0 Å². The minimum Gasteiger partial charge on any atom is -0.493 e. The number of methoxy groups -OCH3 is 3. The second-order valence-corrected chi connectivity index (χ2v) is 6.72. The Kier molecular flexibility index (Phi) is 5.70. The van der Waals surface area contributed by atoms with E-state index in [2.05, 4.69) is 15.6 Å². The molecule has 1 heterocycles. The van der Waals surface area contributed by atoms with Gasteiger partial charge in [-0.2, -0.15) is 0 Å². The third kappa shape index (κ3) is 3.87. The van der Waals surface area contributed by atoms with Gasteiger partial charge in [-0.15, -0.1) is 5.10 Å². The van der Waals surface area contributed by atoms with Gasteiger partial charge in [-0.1, -0.05) is 47.7 Å². The largest absolute Gasteiger partial charge is 0.493 e. The van der Waals surface area contributed by atoms with Crippen LogP contribution in [0.4, 0.5) is 0 Å². The third-order valence-electron chi connectivity index (χ3n) is 4.93. The van der Waals surface area contributed by atoms with Crippen LogP contribution in [0.25, 0.3) is 11.0 Å². The number of aromatic nitrogens is 3. The van der Waals surface area contributed by atoms with Crippen molar-refractivity contribution >= 4 is 16.9 Å². The minimum atomic E-state index is -0.569. The maximum atomic E-state index is 13.3. The lowest BCUT2D eigenvalue weighted by Crippen LogP contribution is -2.34. The molecule has 0 unspecified atom stereocenters. The predicted octanol–water partition coefficient (Wildman–Crippen LogP) is 3.43. The van der Waals surface area contributed by atoms with Crippen molar-refractivity contribution in [3.8, 4) is 17.2 Å². The van der Waals surface area contributed by atoms with Crippen molar-refractivity contribution in [1.29, 1.82) is 0 Å². The van der Waals surface area contributed by atoms with Crippen LogP contribution in [-0.4, -0.2) is 42.2 Å². The highest BCUT2D eigenvalue weighted by atomic mass is 16.5. The Morgan fingerprint density at radius 3 is 2.19 bits per heavy atom. The number of ether oxygens (including phenoxy) is 3. The van der Waals surface area contributed by atoms with E-state index in [0.717, 1.165) is 16.6 Å².